The molecule has 21 heavy (non-hydrogen) atoms. The Bertz CT molecular complexity index is 622. The van der Waals surface area contributed by atoms with Crippen molar-refractivity contribution in [3.63, 3.8) is 0 Å². The van der Waals surface area contributed by atoms with Gasteiger partial charge in [-0.25, -0.2) is 4.79 Å². The number of nitrogen functional groups attached to an aromatic ring is 1. The highest BCUT2D eigenvalue weighted by Crippen LogP contribution is 2.26. The molecule has 1 heterocycles. The minimum Gasteiger partial charge on any atom is -0.462 e. The van der Waals surface area contributed by atoms with E-state index in [9.17, 15) is 4.79 Å². The van der Waals surface area contributed by atoms with Crippen molar-refractivity contribution in [3.8, 4) is 0 Å². The monoisotopic (exact) mass is 304 g/mol. The van der Waals surface area contributed by atoms with Crippen LogP contribution >= 0.6 is 11.3 Å². The van der Waals surface area contributed by atoms with E-state index in [4.69, 9.17) is 10.5 Å². The number of ether oxygens (including phenoxy) is 1. The first-order valence-corrected chi connectivity index (χ1v) is 7.90. The summed E-state index contributed by atoms with van der Waals surface area (Å²) in [6.07, 6.45) is 0.996. The van der Waals surface area contributed by atoms with Crippen LogP contribution in [0.3, 0.4) is 0 Å². The molecule has 0 bridgehead atoms. The fraction of sp³-hybridized carbons (Fsp3) is 0.312. The average Bonchev–Trinajstić information content (AvgIpc) is 2.93. The normalized spacial score (nSPS) is 10.4. The van der Waals surface area contributed by atoms with Gasteiger partial charge < -0.3 is 15.8 Å². The van der Waals surface area contributed by atoms with Gasteiger partial charge in [0.25, 0.3) is 0 Å². The second kappa shape index (κ2) is 7.13. The van der Waals surface area contributed by atoms with Crippen LogP contribution in [-0.4, -0.2) is 12.6 Å². The highest BCUT2D eigenvalue weighted by molar-refractivity contribution is 7.10. The fourth-order valence-electron chi connectivity index (χ4n) is 2.15. The summed E-state index contributed by atoms with van der Waals surface area (Å²) < 4.78 is 5.07. The maximum atomic E-state index is 12.0. The van der Waals surface area contributed by atoms with Crippen LogP contribution in [0.1, 0.15) is 34.6 Å². The molecule has 4 nitrogen and oxygen atoms in total. The molecule has 2 aromatic rings. The molecule has 1 aromatic heterocycles. The van der Waals surface area contributed by atoms with Crippen molar-refractivity contribution in [1.82, 2.24) is 0 Å². The first-order chi connectivity index (χ1) is 10.2. The van der Waals surface area contributed by atoms with E-state index in [1.165, 1.54) is 10.4 Å². The number of para-hydroxylation sites is 1. The van der Waals surface area contributed by atoms with Crippen LogP contribution in [0.2, 0.25) is 0 Å². The zero-order valence-electron chi connectivity index (χ0n) is 12.3. The number of carbonyl (C=O) groups is 1. The largest absolute Gasteiger partial charge is 0.462 e. The third-order valence-electron chi connectivity index (χ3n) is 3.24. The van der Waals surface area contributed by atoms with Gasteiger partial charge in [0, 0.05) is 11.4 Å². The third kappa shape index (κ3) is 3.55. The molecule has 0 fully saturated rings. The number of esters is 1. The Balaban J connectivity index is 2.21. The van der Waals surface area contributed by atoms with E-state index in [0.29, 0.717) is 30.1 Å². The molecule has 0 radical (unpaired) electrons. The summed E-state index contributed by atoms with van der Waals surface area (Å²) in [4.78, 5) is 13.2. The van der Waals surface area contributed by atoms with Crippen LogP contribution in [0.15, 0.2) is 29.6 Å². The van der Waals surface area contributed by atoms with Gasteiger partial charge in [-0.1, -0.05) is 13.0 Å². The van der Waals surface area contributed by atoms with Crippen LogP contribution in [-0.2, 0) is 17.7 Å². The molecular formula is C16H20N2O2S. The number of hydrogen-bond donors (Lipinski definition) is 2. The zero-order chi connectivity index (χ0) is 15.2. The lowest BCUT2D eigenvalue weighted by atomic mass is 10.1. The Hall–Kier alpha value is -2.01. The van der Waals surface area contributed by atoms with E-state index < -0.39 is 0 Å². The van der Waals surface area contributed by atoms with E-state index in [0.717, 1.165) is 6.42 Å². The van der Waals surface area contributed by atoms with Crippen molar-refractivity contribution in [1.29, 1.82) is 0 Å². The van der Waals surface area contributed by atoms with Gasteiger partial charge in [-0.15, -0.1) is 11.3 Å². The zero-order valence-corrected chi connectivity index (χ0v) is 13.1. The summed E-state index contributed by atoms with van der Waals surface area (Å²) in [6.45, 7) is 4.92. The van der Waals surface area contributed by atoms with Crippen LogP contribution in [0.4, 0.5) is 11.4 Å². The maximum absolute atomic E-state index is 12.0. The maximum Gasteiger partial charge on any atom is 0.340 e. The molecule has 0 saturated carbocycles. The number of benzene rings is 1. The molecule has 0 aliphatic carbocycles. The van der Waals surface area contributed by atoms with Crippen molar-refractivity contribution >= 4 is 28.7 Å². The molecule has 0 aliphatic heterocycles. The van der Waals surface area contributed by atoms with Gasteiger partial charge in [0.05, 0.1) is 23.5 Å². The molecule has 0 saturated heterocycles. The number of anilines is 2. The second-order valence-corrected chi connectivity index (χ2v) is 5.57. The summed E-state index contributed by atoms with van der Waals surface area (Å²) in [5.41, 5.74) is 8.99. The Kier molecular flexibility index (Phi) is 5.22. The van der Waals surface area contributed by atoms with Crippen LogP contribution in [0.5, 0.6) is 0 Å². The molecule has 0 unspecified atom stereocenters. The SMILES string of the molecule is CCOC(=O)c1cccc(N)c1NCc1sccc1CC. The molecule has 0 amide bonds. The van der Waals surface area contributed by atoms with E-state index in [1.54, 1.807) is 36.5 Å². The minimum absolute atomic E-state index is 0.345. The number of aryl methyl sites for hydroxylation is 1. The van der Waals surface area contributed by atoms with Gasteiger partial charge in [-0.05, 0) is 42.5 Å². The van der Waals surface area contributed by atoms with E-state index in [2.05, 4.69) is 23.7 Å². The molecular weight excluding hydrogens is 284 g/mol. The Morgan fingerprint density at radius 1 is 1.33 bits per heavy atom. The molecule has 0 aliphatic rings. The molecule has 0 spiro atoms. The van der Waals surface area contributed by atoms with Crippen LogP contribution in [0.25, 0.3) is 0 Å². The van der Waals surface area contributed by atoms with Gasteiger partial charge >= 0.3 is 5.97 Å². The van der Waals surface area contributed by atoms with E-state index in [-0.39, 0.29) is 5.97 Å². The van der Waals surface area contributed by atoms with Gasteiger partial charge in [-0.3, -0.25) is 0 Å². The predicted molar refractivity (Wildman–Crippen MR) is 87.8 cm³/mol. The molecule has 0 atom stereocenters. The van der Waals surface area contributed by atoms with Gasteiger partial charge in [0.1, 0.15) is 0 Å². The first kappa shape index (κ1) is 15.4. The fourth-order valence-corrected chi connectivity index (χ4v) is 3.07. The van der Waals surface area contributed by atoms with Crippen LogP contribution in [0, 0.1) is 0 Å². The number of nitrogens with two attached hydrogens (primary N) is 1. The summed E-state index contributed by atoms with van der Waals surface area (Å²) in [5, 5.41) is 5.36. The van der Waals surface area contributed by atoms with E-state index >= 15 is 0 Å². The highest BCUT2D eigenvalue weighted by Gasteiger charge is 2.15. The van der Waals surface area contributed by atoms with Gasteiger partial charge in [0.2, 0.25) is 0 Å². The lowest BCUT2D eigenvalue weighted by Crippen LogP contribution is -2.11. The number of nitrogens with one attached hydrogen (secondary N) is 1. The van der Waals surface area contributed by atoms with Crippen LogP contribution < -0.4 is 11.1 Å². The van der Waals surface area contributed by atoms with Gasteiger partial charge in [-0.2, -0.15) is 0 Å². The Labute approximate surface area is 128 Å². The summed E-state index contributed by atoms with van der Waals surface area (Å²) in [6, 6.07) is 7.39. The van der Waals surface area contributed by atoms with Gasteiger partial charge in [0.15, 0.2) is 0 Å². The second-order valence-electron chi connectivity index (χ2n) is 4.57. The van der Waals surface area contributed by atoms with Crippen molar-refractivity contribution < 1.29 is 9.53 Å². The first-order valence-electron chi connectivity index (χ1n) is 7.02. The number of rotatable bonds is 6. The summed E-state index contributed by atoms with van der Waals surface area (Å²) in [7, 11) is 0. The summed E-state index contributed by atoms with van der Waals surface area (Å²) >= 11 is 1.70. The quantitative estimate of drug-likeness (QED) is 0.631. The molecule has 3 N–H and O–H groups in total. The Morgan fingerprint density at radius 2 is 2.14 bits per heavy atom. The highest BCUT2D eigenvalue weighted by atomic mass is 32.1. The minimum atomic E-state index is -0.353. The van der Waals surface area contributed by atoms with Crippen molar-refractivity contribution in [2.24, 2.45) is 0 Å². The third-order valence-corrected chi connectivity index (χ3v) is 4.20. The Morgan fingerprint density at radius 3 is 2.86 bits per heavy atom. The summed E-state index contributed by atoms with van der Waals surface area (Å²) in [5.74, 6) is -0.353. The number of thiophene rings is 1. The van der Waals surface area contributed by atoms with E-state index in [1.807, 2.05) is 0 Å². The van der Waals surface area contributed by atoms with Crippen molar-refractivity contribution in [3.05, 3.63) is 45.6 Å². The smallest absolute Gasteiger partial charge is 0.340 e. The number of carbonyl (C=O) groups excluding carboxylic acids is 1. The number of hydrogen-bond acceptors (Lipinski definition) is 5. The molecule has 2 rings (SSSR count). The van der Waals surface area contributed by atoms with Crippen molar-refractivity contribution in [2.75, 3.05) is 17.7 Å². The lowest BCUT2D eigenvalue weighted by Gasteiger charge is -2.14. The predicted octanol–water partition coefficient (Wildman–Crippen LogP) is 3.68. The topological polar surface area (TPSA) is 64.3 Å². The standard InChI is InChI=1S/C16H20N2O2S/c1-3-11-8-9-21-14(11)10-18-15-12(16(19)20-4-2)6-5-7-13(15)17/h5-9,18H,3-4,10,17H2,1-2H3. The molecule has 112 valence electrons. The molecule has 1 aromatic carbocycles. The molecule has 5 heteroatoms. The average molecular weight is 304 g/mol. The lowest BCUT2D eigenvalue weighted by molar-refractivity contribution is 0.0527. The van der Waals surface area contributed by atoms with Crippen molar-refractivity contribution in [2.45, 2.75) is 26.8 Å².